The van der Waals surface area contributed by atoms with Gasteiger partial charge in [-0.05, 0) is 47.5 Å². The molecular weight excluding hydrogens is 420 g/mol. The van der Waals surface area contributed by atoms with Gasteiger partial charge in [-0.25, -0.2) is 21.9 Å². The number of carbonyl (C=O) groups is 1. The normalized spacial score (nSPS) is 11.8. The van der Waals surface area contributed by atoms with E-state index in [1.807, 2.05) is 0 Å². The summed E-state index contributed by atoms with van der Waals surface area (Å²) in [6.45, 7) is 3.40. The van der Waals surface area contributed by atoms with E-state index in [9.17, 15) is 22.0 Å². The molecule has 136 valence electrons. The Morgan fingerprint density at radius 2 is 1.96 bits per heavy atom. The third-order valence-electron chi connectivity index (χ3n) is 3.00. The first kappa shape index (κ1) is 19.5. The summed E-state index contributed by atoms with van der Waals surface area (Å²) in [5, 5.41) is 2.40. The van der Waals surface area contributed by atoms with Crippen molar-refractivity contribution >= 4 is 37.5 Å². The maximum atomic E-state index is 13.3. The van der Waals surface area contributed by atoms with Gasteiger partial charge in [-0.15, -0.1) is 0 Å². The number of carbonyl (C=O) groups excluding carboxylic acids is 1. The van der Waals surface area contributed by atoms with Crippen LogP contribution in [0, 0.1) is 11.6 Å². The van der Waals surface area contributed by atoms with Crippen LogP contribution in [0.25, 0.3) is 0 Å². The Morgan fingerprint density at radius 3 is 2.56 bits per heavy atom. The van der Waals surface area contributed by atoms with Gasteiger partial charge in [0.15, 0.2) is 11.6 Å². The molecule has 0 aliphatic rings. The van der Waals surface area contributed by atoms with E-state index in [1.54, 1.807) is 13.8 Å². The van der Waals surface area contributed by atoms with Gasteiger partial charge in [-0.1, -0.05) is 0 Å². The highest BCUT2D eigenvalue weighted by atomic mass is 79.9. The Bertz CT molecular complexity index is 874. The van der Waals surface area contributed by atoms with Crippen molar-refractivity contribution in [2.75, 3.05) is 5.32 Å². The number of sulfonamides is 1. The SMILES string of the molecule is CC(C)NS(=O)(=O)Cc1c[nH]c(C(=O)Nc2cc(F)c(F)c(Br)c2)c1. The van der Waals surface area contributed by atoms with Gasteiger partial charge in [0.1, 0.15) is 5.69 Å². The highest BCUT2D eigenvalue weighted by Gasteiger charge is 2.17. The van der Waals surface area contributed by atoms with E-state index in [1.165, 1.54) is 18.3 Å². The van der Waals surface area contributed by atoms with E-state index in [0.717, 1.165) is 6.07 Å². The number of aromatic nitrogens is 1. The van der Waals surface area contributed by atoms with Crippen LogP contribution in [0.15, 0.2) is 28.9 Å². The first-order valence-corrected chi connectivity index (χ1v) is 9.65. The summed E-state index contributed by atoms with van der Waals surface area (Å²) >= 11 is 2.85. The fourth-order valence-corrected chi connectivity index (χ4v) is 3.94. The molecule has 3 N–H and O–H groups in total. The minimum Gasteiger partial charge on any atom is -0.357 e. The zero-order chi connectivity index (χ0) is 18.8. The van der Waals surface area contributed by atoms with Crippen LogP contribution in [-0.4, -0.2) is 25.4 Å². The van der Waals surface area contributed by atoms with Gasteiger partial charge in [0.2, 0.25) is 10.0 Å². The van der Waals surface area contributed by atoms with Crippen molar-refractivity contribution in [3.63, 3.8) is 0 Å². The van der Waals surface area contributed by atoms with Gasteiger partial charge in [0, 0.05) is 24.0 Å². The monoisotopic (exact) mass is 435 g/mol. The number of anilines is 1. The fraction of sp³-hybridized carbons (Fsp3) is 0.267. The molecule has 1 heterocycles. The topological polar surface area (TPSA) is 91.1 Å². The van der Waals surface area contributed by atoms with Crippen LogP contribution >= 0.6 is 15.9 Å². The molecule has 6 nitrogen and oxygen atoms in total. The van der Waals surface area contributed by atoms with Gasteiger partial charge in [0.25, 0.3) is 5.91 Å². The maximum Gasteiger partial charge on any atom is 0.272 e. The number of benzene rings is 1. The van der Waals surface area contributed by atoms with E-state index in [0.29, 0.717) is 5.56 Å². The van der Waals surface area contributed by atoms with Gasteiger partial charge >= 0.3 is 0 Å². The van der Waals surface area contributed by atoms with E-state index < -0.39 is 27.6 Å². The maximum absolute atomic E-state index is 13.3. The van der Waals surface area contributed by atoms with Gasteiger partial charge < -0.3 is 10.3 Å². The third kappa shape index (κ3) is 5.35. The predicted octanol–water partition coefficient (Wildman–Crippen LogP) is 3.14. The lowest BCUT2D eigenvalue weighted by Gasteiger charge is -2.08. The quantitative estimate of drug-likeness (QED) is 0.608. The second-order valence-corrected chi connectivity index (χ2v) is 8.27. The van der Waals surface area contributed by atoms with Crippen molar-refractivity contribution in [1.29, 1.82) is 0 Å². The lowest BCUT2D eigenvalue weighted by atomic mass is 10.2. The van der Waals surface area contributed by atoms with Crippen LogP contribution in [0.5, 0.6) is 0 Å². The molecule has 0 atom stereocenters. The van der Waals surface area contributed by atoms with Gasteiger partial charge in [-0.3, -0.25) is 4.79 Å². The number of H-pyrrole nitrogens is 1. The van der Waals surface area contributed by atoms with Crippen LogP contribution in [-0.2, 0) is 15.8 Å². The van der Waals surface area contributed by atoms with Crippen molar-refractivity contribution in [2.24, 2.45) is 0 Å². The second-order valence-electron chi connectivity index (χ2n) is 5.66. The molecule has 10 heteroatoms. The van der Waals surface area contributed by atoms with Crippen molar-refractivity contribution < 1.29 is 22.0 Å². The molecule has 0 unspecified atom stereocenters. The average molecular weight is 436 g/mol. The number of hydrogen-bond acceptors (Lipinski definition) is 3. The molecule has 0 spiro atoms. The molecule has 0 bridgehead atoms. The lowest BCUT2D eigenvalue weighted by Crippen LogP contribution is -2.31. The first-order chi connectivity index (χ1) is 11.6. The number of aromatic amines is 1. The number of amides is 1. The van der Waals surface area contributed by atoms with Crippen molar-refractivity contribution in [3.8, 4) is 0 Å². The number of rotatable bonds is 6. The summed E-state index contributed by atoms with van der Waals surface area (Å²) in [5.41, 5.74) is 0.543. The Labute approximate surface area is 152 Å². The Morgan fingerprint density at radius 1 is 1.28 bits per heavy atom. The fourth-order valence-electron chi connectivity index (χ4n) is 2.10. The molecule has 0 fully saturated rings. The molecular formula is C15H16BrF2N3O3S. The minimum absolute atomic E-state index is 0.0565. The summed E-state index contributed by atoms with van der Waals surface area (Å²) < 4.78 is 52.6. The number of halogens is 3. The van der Waals surface area contributed by atoms with E-state index in [2.05, 4.69) is 31.0 Å². The molecule has 25 heavy (non-hydrogen) atoms. The van der Waals surface area contributed by atoms with E-state index in [4.69, 9.17) is 0 Å². The van der Waals surface area contributed by atoms with Gasteiger partial charge in [-0.2, -0.15) is 0 Å². The highest BCUT2D eigenvalue weighted by molar-refractivity contribution is 9.10. The number of hydrogen-bond donors (Lipinski definition) is 3. The van der Waals surface area contributed by atoms with Crippen LogP contribution in [0.2, 0.25) is 0 Å². The van der Waals surface area contributed by atoms with E-state index >= 15 is 0 Å². The van der Waals surface area contributed by atoms with Crippen molar-refractivity contribution in [2.45, 2.75) is 25.6 Å². The summed E-state index contributed by atoms with van der Waals surface area (Å²) in [6, 6.07) is 3.21. The average Bonchev–Trinajstić information content (AvgIpc) is 2.90. The molecule has 2 aromatic rings. The Hall–Kier alpha value is -1.78. The molecule has 0 saturated heterocycles. The highest BCUT2D eigenvalue weighted by Crippen LogP contribution is 2.23. The first-order valence-electron chi connectivity index (χ1n) is 7.20. The smallest absolute Gasteiger partial charge is 0.272 e. The summed E-state index contributed by atoms with van der Waals surface area (Å²) in [7, 11) is -3.52. The predicted molar refractivity (Wildman–Crippen MR) is 93.7 cm³/mol. The molecule has 1 aromatic carbocycles. The lowest BCUT2D eigenvalue weighted by molar-refractivity contribution is 0.102. The van der Waals surface area contributed by atoms with Gasteiger partial charge in [0.05, 0.1) is 10.2 Å². The Kier molecular flexibility index (Phi) is 5.96. The zero-order valence-electron chi connectivity index (χ0n) is 13.4. The third-order valence-corrected chi connectivity index (χ3v) is 5.12. The molecule has 0 aliphatic heterocycles. The van der Waals surface area contributed by atoms with Crippen LogP contribution in [0.3, 0.4) is 0 Å². The minimum atomic E-state index is -3.52. The molecule has 0 aliphatic carbocycles. The van der Waals surface area contributed by atoms with Crippen LogP contribution < -0.4 is 10.0 Å². The summed E-state index contributed by atoms with van der Waals surface area (Å²) in [5.74, 6) is -3.06. The molecule has 1 amide bonds. The second kappa shape index (κ2) is 7.63. The molecule has 1 aromatic heterocycles. The van der Waals surface area contributed by atoms with Crippen molar-refractivity contribution in [1.82, 2.24) is 9.71 Å². The number of nitrogens with one attached hydrogen (secondary N) is 3. The van der Waals surface area contributed by atoms with Crippen LogP contribution in [0.4, 0.5) is 14.5 Å². The standard InChI is InChI=1S/C15H16BrF2N3O3S/c1-8(2)21-25(23,24)7-9-3-13(19-6-9)15(22)20-10-4-11(16)14(18)12(17)5-10/h3-6,8,19,21H,7H2,1-2H3,(H,20,22). The van der Waals surface area contributed by atoms with Crippen LogP contribution in [0.1, 0.15) is 29.9 Å². The molecule has 0 saturated carbocycles. The zero-order valence-corrected chi connectivity index (χ0v) is 15.8. The molecule has 2 rings (SSSR count). The van der Waals surface area contributed by atoms with Crippen molar-refractivity contribution in [3.05, 3.63) is 51.8 Å². The Balaban J connectivity index is 2.10. The molecule has 0 radical (unpaired) electrons. The largest absolute Gasteiger partial charge is 0.357 e. The van der Waals surface area contributed by atoms with E-state index in [-0.39, 0.29) is 27.6 Å². The summed E-state index contributed by atoms with van der Waals surface area (Å²) in [6.07, 6.45) is 1.40. The summed E-state index contributed by atoms with van der Waals surface area (Å²) in [4.78, 5) is 14.8.